The lowest BCUT2D eigenvalue weighted by Gasteiger charge is -2.09. The fourth-order valence-electron chi connectivity index (χ4n) is 2.22. The Labute approximate surface area is 158 Å². The van der Waals surface area contributed by atoms with Crippen molar-refractivity contribution in [2.75, 3.05) is 17.2 Å². The number of rotatable bonds is 6. The van der Waals surface area contributed by atoms with Gasteiger partial charge in [-0.2, -0.15) is 10.1 Å². The number of halogens is 4. The van der Waals surface area contributed by atoms with E-state index in [1.807, 2.05) is 6.07 Å². The summed E-state index contributed by atoms with van der Waals surface area (Å²) in [5.41, 5.74) is 0.594. The molecule has 134 valence electrons. The summed E-state index contributed by atoms with van der Waals surface area (Å²) in [6.45, 7) is 0.521. The Balaban J connectivity index is 1.64. The molecule has 0 bridgehead atoms. The Bertz CT molecular complexity index is 903. The highest BCUT2D eigenvalue weighted by atomic mass is 35.5. The van der Waals surface area contributed by atoms with Crippen LogP contribution in [0.15, 0.2) is 42.6 Å². The first-order chi connectivity index (χ1) is 12.5. The Kier molecular flexibility index (Phi) is 5.80. The van der Waals surface area contributed by atoms with Crippen molar-refractivity contribution in [2.24, 2.45) is 0 Å². The molecule has 2 aromatic carbocycles. The van der Waals surface area contributed by atoms with Crippen LogP contribution in [-0.4, -0.2) is 21.7 Å². The van der Waals surface area contributed by atoms with Crippen molar-refractivity contribution in [3.05, 3.63) is 69.8 Å². The van der Waals surface area contributed by atoms with Crippen LogP contribution >= 0.6 is 23.2 Å². The van der Waals surface area contributed by atoms with E-state index in [0.29, 0.717) is 28.8 Å². The third-order valence-corrected chi connectivity index (χ3v) is 4.06. The van der Waals surface area contributed by atoms with E-state index in [-0.39, 0.29) is 11.6 Å². The molecule has 0 saturated carbocycles. The normalized spacial score (nSPS) is 10.6. The molecule has 9 heteroatoms. The maximum Gasteiger partial charge on any atom is 0.249 e. The summed E-state index contributed by atoms with van der Waals surface area (Å²) in [6.07, 6.45) is 2.04. The molecule has 2 N–H and O–H groups in total. The number of hydrogen-bond acceptors (Lipinski definition) is 5. The number of benzene rings is 2. The van der Waals surface area contributed by atoms with E-state index in [2.05, 4.69) is 25.8 Å². The summed E-state index contributed by atoms with van der Waals surface area (Å²) in [5.74, 6) is -1.11. The van der Waals surface area contributed by atoms with Gasteiger partial charge >= 0.3 is 0 Å². The van der Waals surface area contributed by atoms with Crippen molar-refractivity contribution in [3.8, 4) is 0 Å². The molecule has 26 heavy (non-hydrogen) atoms. The maximum absolute atomic E-state index is 13.7. The van der Waals surface area contributed by atoms with E-state index in [0.717, 1.165) is 17.7 Å². The van der Waals surface area contributed by atoms with Crippen molar-refractivity contribution in [1.29, 1.82) is 0 Å². The molecule has 0 spiro atoms. The SMILES string of the molecule is Fc1cccc(F)c1Nc1nncc(NCCc2ccc(Cl)cc2Cl)n1. The highest BCUT2D eigenvalue weighted by Gasteiger charge is 2.10. The summed E-state index contributed by atoms with van der Waals surface area (Å²) in [5, 5.41) is 14.2. The van der Waals surface area contributed by atoms with Gasteiger partial charge in [-0.25, -0.2) is 8.78 Å². The molecule has 3 rings (SSSR count). The lowest BCUT2D eigenvalue weighted by molar-refractivity contribution is 0.590. The number of hydrogen-bond donors (Lipinski definition) is 2. The van der Waals surface area contributed by atoms with Gasteiger partial charge in [0.1, 0.15) is 17.3 Å². The molecule has 0 aliphatic carbocycles. The van der Waals surface area contributed by atoms with Crippen LogP contribution in [0, 0.1) is 11.6 Å². The quantitative estimate of drug-likeness (QED) is 0.624. The second-order valence-corrected chi connectivity index (χ2v) is 6.14. The first kappa shape index (κ1) is 18.3. The molecule has 1 heterocycles. The van der Waals surface area contributed by atoms with Crippen LogP contribution in [0.1, 0.15) is 5.56 Å². The molecule has 0 amide bonds. The third kappa shape index (κ3) is 4.56. The molecule has 3 aromatic rings. The topological polar surface area (TPSA) is 62.7 Å². The Hall–Kier alpha value is -2.51. The van der Waals surface area contributed by atoms with E-state index >= 15 is 0 Å². The predicted octanol–water partition coefficient (Wildman–Crippen LogP) is 4.85. The molecule has 1 aromatic heterocycles. The van der Waals surface area contributed by atoms with Gasteiger partial charge in [0.2, 0.25) is 5.95 Å². The summed E-state index contributed by atoms with van der Waals surface area (Å²) < 4.78 is 27.4. The number of nitrogens with zero attached hydrogens (tertiary/aromatic N) is 3. The Morgan fingerprint density at radius 2 is 1.81 bits per heavy atom. The predicted molar refractivity (Wildman–Crippen MR) is 98.1 cm³/mol. The van der Waals surface area contributed by atoms with Crippen LogP contribution in [-0.2, 0) is 6.42 Å². The molecule has 0 fully saturated rings. The highest BCUT2D eigenvalue weighted by molar-refractivity contribution is 6.35. The second kappa shape index (κ2) is 8.25. The van der Waals surface area contributed by atoms with Crippen LogP contribution in [0.25, 0.3) is 0 Å². The van der Waals surface area contributed by atoms with Gasteiger partial charge in [0.05, 0.1) is 6.20 Å². The van der Waals surface area contributed by atoms with Crippen LogP contribution < -0.4 is 10.6 Å². The molecular formula is C17H13Cl2F2N5. The van der Waals surface area contributed by atoms with Gasteiger partial charge in [0, 0.05) is 16.6 Å². The fourth-order valence-corrected chi connectivity index (χ4v) is 2.72. The van der Waals surface area contributed by atoms with E-state index in [4.69, 9.17) is 23.2 Å². The number of anilines is 3. The highest BCUT2D eigenvalue weighted by Crippen LogP contribution is 2.22. The van der Waals surface area contributed by atoms with Crippen molar-refractivity contribution in [1.82, 2.24) is 15.2 Å². The lowest BCUT2D eigenvalue weighted by Crippen LogP contribution is -2.09. The average molecular weight is 396 g/mol. The number of aromatic nitrogens is 3. The van der Waals surface area contributed by atoms with Crippen molar-refractivity contribution >= 4 is 40.7 Å². The molecule has 0 unspecified atom stereocenters. The molecule has 0 saturated heterocycles. The first-order valence-electron chi connectivity index (χ1n) is 7.61. The molecule has 0 atom stereocenters. The Morgan fingerprint density at radius 1 is 1.04 bits per heavy atom. The fraction of sp³-hybridized carbons (Fsp3) is 0.118. The van der Waals surface area contributed by atoms with Crippen LogP contribution in [0.2, 0.25) is 10.0 Å². The first-order valence-corrected chi connectivity index (χ1v) is 8.37. The zero-order valence-corrected chi connectivity index (χ0v) is 14.8. The molecule has 0 aliphatic rings. The van der Waals surface area contributed by atoms with Gasteiger partial charge < -0.3 is 10.6 Å². The van der Waals surface area contributed by atoms with Gasteiger partial charge in [-0.05, 0) is 36.2 Å². The lowest BCUT2D eigenvalue weighted by atomic mass is 10.1. The molecular weight excluding hydrogens is 383 g/mol. The molecule has 0 aliphatic heterocycles. The van der Waals surface area contributed by atoms with E-state index in [9.17, 15) is 8.78 Å². The van der Waals surface area contributed by atoms with Gasteiger partial charge in [-0.1, -0.05) is 35.3 Å². The van der Waals surface area contributed by atoms with Crippen molar-refractivity contribution in [3.63, 3.8) is 0 Å². The second-order valence-electron chi connectivity index (χ2n) is 5.30. The summed E-state index contributed by atoms with van der Waals surface area (Å²) in [6, 6.07) is 8.83. The molecule has 0 radical (unpaired) electrons. The summed E-state index contributed by atoms with van der Waals surface area (Å²) >= 11 is 12.0. The Morgan fingerprint density at radius 3 is 2.54 bits per heavy atom. The van der Waals surface area contributed by atoms with E-state index in [1.54, 1.807) is 12.1 Å². The standard InChI is InChI=1S/C17H13Cl2F2N5/c18-11-5-4-10(12(19)8-11)6-7-22-15-9-23-26-17(24-15)25-16-13(20)2-1-3-14(16)21/h1-5,8-9H,6-7H2,(H2,22,24,25,26). The van der Waals surface area contributed by atoms with Gasteiger partial charge in [-0.3, -0.25) is 0 Å². The monoisotopic (exact) mass is 395 g/mol. The van der Waals surface area contributed by atoms with Crippen LogP contribution in [0.5, 0.6) is 0 Å². The minimum atomic E-state index is -0.746. The maximum atomic E-state index is 13.7. The van der Waals surface area contributed by atoms with Gasteiger partial charge in [-0.15, -0.1) is 5.10 Å². The minimum Gasteiger partial charge on any atom is -0.368 e. The zero-order valence-electron chi connectivity index (χ0n) is 13.3. The van der Waals surface area contributed by atoms with E-state index in [1.165, 1.54) is 12.3 Å². The van der Waals surface area contributed by atoms with Gasteiger partial charge in [0.25, 0.3) is 0 Å². The summed E-state index contributed by atoms with van der Waals surface area (Å²) in [7, 11) is 0. The third-order valence-electron chi connectivity index (χ3n) is 3.47. The van der Waals surface area contributed by atoms with Crippen molar-refractivity contribution < 1.29 is 8.78 Å². The zero-order chi connectivity index (χ0) is 18.5. The molecule has 5 nitrogen and oxygen atoms in total. The summed E-state index contributed by atoms with van der Waals surface area (Å²) in [4.78, 5) is 4.13. The smallest absolute Gasteiger partial charge is 0.249 e. The largest absolute Gasteiger partial charge is 0.368 e. The van der Waals surface area contributed by atoms with E-state index < -0.39 is 11.6 Å². The number of para-hydroxylation sites is 1. The van der Waals surface area contributed by atoms with Gasteiger partial charge in [0.15, 0.2) is 5.82 Å². The van der Waals surface area contributed by atoms with Crippen LogP contribution in [0.4, 0.5) is 26.2 Å². The average Bonchev–Trinajstić information content (AvgIpc) is 2.61. The number of nitrogens with one attached hydrogen (secondary N) is 2. The van der Waals surface area contributed by atoms with Crippen LogP contribution in [0.3, 0.4) is 0 Å². The minimum absolute atomic E-state index is 0.0245. The van der Waals surface area contributed by atoms with Crippen molar-refractivity contribution in [2.45, 2.75) is 6.42 Å².